The predicted octanol–water partition coefficient (Wildman–Crippen LogP) is 0.577. The lowest BCUT2D eigenvalue weighted by molar-refractivity contribution is -0.140. The maximum atomic E-state index is 10.6. The maximum Gasteiger partial charge on any atom is 0.308 e. The molecule has 0 spiro atoms. The first-order chi connectivity index (χ1) is 6.52. The number of nitrogens with zero attached hydrogens (tertiary/aromatic N) is 3. The Morgan fingerprint density at radius 3 is 2.86 bits per heavy atom. The summed E-state index contributed by atoms with van der Waals surface area (Å²) in [5, 5.41) is 8.74. The predicted molar refractivity (Wildman–Crippen MR) is 53.3 cm³/mol. The standard InChI is InChI=1S/C9H15N3O2/c1-7(8(13)14)6-12(3)9-10-4-5-11(9)2/h4-5,7H,6H2,1-3H3,(H,13,14). The van der Waals surface area contributed by atoms with E-state index in [1.54, 1.807) is 13.1 Å². The van der Waals surface area contributed by atoms with Crippen LogP contribution in [0.15, 0.2) is 12.4 Å². The molecule has 0 saturated carbocycles. The van der Waals surface area contributed by atoms with Crippen molar-refractivity contribution in [2.75, 3.05) is 18.5 Å². The van der Waals surface area contributed by atoms with Gasteiger partial charge in [-0.3, -0.25) is 4.79 Å². The molecule has 1 unspecified atom stereocenters. The Balaban J connectivity index is 2.63. The second kappa shape index (κ2) is 4.13. The van der Waals surface area contributed by atoms with E-state index in [4.69, 9.17) is 5.11 Å². The summed E-state index contributed by atoms with van der Waals surface area (Å²) < 4.78 is 1.86. The third kappa shape index (κ3) is 2.25. The minimum atomic E-state index is -0.786. The average molecular weight is 197 g/mol. The second-order valence-electron chi connectivity index (χ2n) is 3.46. The summed E-state index contributed by atoms with van der Waals surface area (Å²) in [6, 6.07) is 0. The fourth-order valence-electron chi connectivity index (χ4n) is 1.30. The first-order valence-corrected chi connectivity index (χ1v) is 4.43. The van der Waals surface area contributed by atoms with Gasteiger partial charge in [0.05, 0.1) is 5.92 Å². The van der Waals surface area contributed by atoms with E-state index in [2.05, 4.69) is 4.98 Å². The fraction of sp³-hybridized carbons (Fsp3) is 0.556. The first kappa shape index (κ1) is 10.6. The van der Waals surface area contributed by atoms with Crippen LogP contribution in [0.2, 0.25) is 0 Å². The van der Waals surface area contributed by atoms with E-state index in [-0.39, 0.29) is 0 Å². The molecule has 0 bridgehead atoms. The Kier molecular flexibility index (Phi) is 3.11. The van der Waals surface area contributed by atoms with E-state index in [0.717, 1.165) is 5.95 Å². The molecule has 0 fully saturated rings. The molecule has 0 saturated heterocycles. The van der Waals surface area contributed by atoms with E-state index < -0.39 is 11.9 Å². The number of carbonyl (C=O) groups is 1. The van der Waals surface area contributed by atoms with Crippen molar-refractivity contribution >= 4 is 11.9 Å². The molecule has 14 heavy (non-hydrogen) atoms. The summed E-state index contributed by atoms with van der Waals surface area (Å²) in [7, 11) is 3.71. The van der Waals surface area contributed by atoms with Crippen molar-refractivity contribution in [1.29, 1.82) is 0 Å². The molecular weight excluding hydrogens is 182 g/mol. The Morgan fingerprint density at radius 1 is 1.79 bits per heavy atom. The van der Waals surface area contributed by atoms with Crippen molar-refractivity contribution in [2.45, 2.75) is 6.92 Å². The number of hydrogen-bond acceptors (Lipinski definition) is 3. The van der Waals surface area contributed by atoms with Crippen molar-refractivity contribution < 1.29 is 9.90 Å². The normalized spacial score (nSPS) is 12.5. The molecule has 0 radical (unpaired) electrons. The maximum absolute atomic E-state index is 10.6. The average Bonchev–Trinajstić information content (AvgIpc) is 2.51. The number of aromatic nitrogens is 2. The molecule has 78 valence electrons. The van der Waals surface area contributed by atoms with E-state index in [0.29, 0.717) is 6.54 Å². The van der Waals surface area contributed by atoms with Crippen LogP contribution in [0.3, 0.4) is 0 Å². The quantitative estimate of drug-likeness (QED) is 0.767. The summed E-state index contributed by atoms with van der Waals surface area (Å²) in [6.45, 7) is 2.14. The number of anilines is 1. The summed E-state index contributed by atoms with van der Waals surface area (Å²) in [5.74, 6) is -0.402. The minimum Gasteiger partial charge on any atom is -0.481 e. The third-order valence-corrected chi connectivity index (χ3v) is 2.11. The number of imidazole rings is 1. The number of aryl methyl sites for hydroxylation is 1. The van der Waals surface area contributed by atoms with Gasteiger partial charge < -0.3 is 14.6 Å². The molecule has 0 aliphatic rings. The minimum absolute atomic E-state index is 0.392. The van der Waals surface area contributed by atoms with E-state index in [1.807, 2.05) is 29.8 Å². The van der Waals surface area contributed by atoms with E-state index in [9.17, 15) is 4.79 Å². The van der Waals surface area contributed by atoms with Crippen LogP contribution in [0.25, 0.3) is 0 Å². The molecule has 0 aliphatic carbocycles. The van der Waals surface area contributed by atoms with Crippen molar-refractivity contribution in [2.24, 2.45) is 13.0 Å². The highest BCUT2D eigenvalue weighted by Gasteiger charge is 2.15. The lowest BCUT2D eigenvalue weighted by atomic mass is 10.2. The van der Waals surface area contributed by atoms with Crippen molar-refractivity contribution in [1.82, 2.24) is 9.55 Å². The summed E-state index contributed by atoms with van der Waals surface area (Å²) in [4.78, 5) is 16.6. The van der Waals surface area contributed by atoms with Crippen LogP contribution in [-0.2, 0) is 11.8 Å². The van der Waals surface area contributed by atoms with Gasteiger partial charge in [0.2, 0.25) is 5.95 Å². The molecule has 1 heterocycles. The highest BCUT2D eigenvalue weighted by atomic mass is 16.4. The van der Waals surface area contributed by atoms with Crippen LogP contribution in [-0.4, -0.2) is 34.2 Å². The molecule has 1 rings (SSSR count). The van der Waals surface area contributed by atoms with Gasteiger partial charge in [0.25, 0.3) is 0 Å². The number of rotatable bonds is 4. The third-order valence-electron chi connectivity index (χ3n) is 2.11. The zero-order chi connectivity index (χ0) is 10.7. The molecular formula is C9H15N3O2. The summed E-state index contributed by atoms with van der Waals surface area (Å²) >= 11 is 0. The van der Waals surface area contributed by atoms with Gasteiger partial charge in [-0.25, -0.2) is 4.98 Å². The van der Waals surface area contributed by atoms with Crippen LogP contribution in [0.1, 0.15) is 6.92 Å². The van der Waals surface area contributed by atoms with Gasteiger partial charge >= 0.3 is 5.97 Å². The Morgan fingerprint density at radius 2 is 2.43 bits per heavy atom. The van der Waals surface area contributed by atoms with Crippen molar-refractivity contribution in [3.63, 3.8) is 0 Å². The van der Waals surface area contributed by atoms with Gasteiger partial charge in [-0.1, -0.05) is 6.92 Å². The molecule has 1 aromatic heterocycles. The molecule has 1 N–H and O–H groups in total. The number of hydrogen-bond donors (Lipinski definition) is 1. The largest absolute Gasteiger partial charge is 0.481 e. The molecule has 1 atom stereocenters. The topological polar surface area (TPSA) is 58.4 Å². The van der Waals surface area contributed by atoms with Gasteiger partial charge in [-0.05, 0) is 0 Å². The molecule has 0 aliphatic heterocycles. The van der Waals surface area contributed by atoms with Crippen LogP contribution in [0.5, 0.6) is 0 Å². The number of carboxylic acids is 1. The van der Waals surface area contributed by atoms with Crippen LogP contribution in [0, 0.1) is 5.92 Å². The Labute approximate surface area is 83.0 Å². The lowest BCUT2D eigenvalue weighted by Crippen LogP contribution is -2.30. The van der Waals surface area contributed by atoms with Gasteiger partial charge in [-0.15, -0.1) is 0 Å². The van der Waals surface area contributed by atoms with Crippen LogP contribution < -0.4 is 4.90 Å². The molecule has 0 aromatic carbocycles. The van der Waals surface area contributed by atoms with Gasteiger partial charge in [0, 0.05) is 33.0 Å². The van der Waals surface area contributed by atoms with Crippen LogP contribution in [0.4, 0.5) is 5.95 Å². The van der Waals surface area contributed by atoms with Crippen LogP contribution >= 0.6 is 0 Å². The van der Waals surface area contributed by atoms with Gasteiger partial charge in [0.15, 0.2) is 0 Å². The van der Waals surface area contributed by atoms with E-state index in [1.165, 1.54) is 0 Å². The Hall–Kier alpha value is -1.52. The zero-order valence-corrected chi connectivity index (χ0v) is 8.64. The number of carboxylic acid groups (broad SMARTS) is 1. The summed E-state index contributed by atoms with van der Waals surface area (Å²) in [5.41, 5.74) is 0. The highest BCUT2D eigenvalue weighted by Crippen LogP contribution is 2.09. The molecule has 0 amide bonds. The Bertz CT molecular complexity index is 322. The fourth-order valence-corrected chi connectivity index (χ4v) is 1.30. The SMILES string of the molecule is CC(CN(C)c1nccn1C)C(=O)O. The monoisotopic (exact) mass is 197 g/mol. The van der Waals surface area contributed by atoms with Gasteiger partial charge in [0.1, 0.15) is 0 Å². The second-order valence-corrected chi connectivity index (χ2v) is 3.46. The van der Waals surface area contributed by atoms with Crippen molar-refractivity contribution in [3.8, 4) is 0 Å². The summed E-state index contributed by atoms with van der Waals surface area (Å²) in [6.07, 6.45) is 3.52. The lowest BCUT2D eigenvalue weighted by Gasteiger charge is -2.20. The van der Waals surface area contributed by atoms with E-state index >= 15 is 0 Å². The molecule has 5 nitrogen and oxygen atoms in total. The molecule has 1 aromatic rings. The first-order valence-electron chi connectivity index (χ1n) is 4.43. The zero-order valence-electron chi connectivity index (χ0n) is 8.64. The smallest absolute Gasteiger partial charge is 0.308 e. The van der Waals surface area contributed by atoms with Crippen molar-refractivity contribution in [3.05, 3.63) is 12.4 Å². The van der Waals surface area contributed by atoms with Gasteiger partial charge in [-0.2, -0.15) is 0 Å². The molecule has 5 heteroatoms. The highest BCUT2D eigenvalue weighted by molar-refractivity contribution is 5.70. The number of aliphatic carboxylic acids is 1.